The first kappa shape index (κ1) is 29.3. The molecular formula is C23H42NO6PS. The van der Waals surface area contributed by atoms with Crippen molar-refractivity contribution in [2.75, 3.05) is 25.1 Å². The molecule has 0 amide bonds. The Morgan fingerprint density at radius 2 is 1.66 bits per heavy atom. The zero-order valence-corrected chi connectivity index (χ0v) is 21.4. The molecule has 0 aromatic heterocycles. The largest absolute Gasteiger partial charge is 0.376 e. The average molecular weight is 492 g/mol. The topological polar surface area (TPSA) is 102 Å². The van der Waals surface area contributed by atoms with E-state index in [2.05, 4.69) is 18.6 Å². The average Bonchev–Trinajstić information content (AvgIpc) is 2.76. The second-order valence-electron chi connectivity index (χ2n) is 8.24. The Bertz CT molecular complexity index is 744. The number of nitrogens with one attached hydrogen (secondary N) is 1. The minimum Gasteiger partial charge on any atom is -0.376 e. The summed E-state index contributed by atoms with van der Waals surface area (Å²) in [5.41, 5.74) is 0.988. The van der Waals surface area contributed by atoms with Crippen LogP contribution < -0.4 is 4.72 Å². The second-order valence-corrected chi connectivity index (χ2v) is 12.1. The molecule has 9 heteroatoms. The molecule has 0 heterocycles. The van der Waals surface area contributed by atoms with Crippen molar-refractivity contribution in [3.63, 3.8) is 0 Å². The van der Waals surface area contributed by atoms with E-state index in [4.69, 9.17) is 9.26 Å². The first-order chi connectivity index (χ1) is 15.3. The zero-order valence-electron chi connectivity index (χ0n) is 19.7. The quantitative estimate of drug-likeness (QED) is 0.191. The summed E-state index contributed by atoms with van der Waals surface area (Å²) in [6, 6.07) is 9.07. The second kappa shape index (κ2) is 16.8. The van der Waals surface area contributed by atoms with Crippen molar-refractivity contribution < 1.29 is 27.1 Å². The van der Waals surface area contributed by atoms with Crippen LogP contribution in [-0.4, -0.2) is 44.5 Å². The Morgan fingerprint density at radius 1 is 1.00 bits per heavy atom. The van der Waals surface area contributed by atoms with Crippen LogP contribution in [0.3, 0.4) is 0 Å². The van der Waals surface area contributed by atoms with Gasteiger partial charge in [0.1, 0.15) is 0 Å². The lowest BCUT2D eigenvalue weighted by atomic mass is 10.1. The van der Waals surface area contributed by atoms with Crippen LogP contribution in [0.15, 0.2) is 30.3 Å². The number of rotatable bonds is 20. The molecule has 1 rings (SSSR count). The van der Waals surface area contributed by atoms with Crippen LogP contribution in [0.4, 0.5) is 0 Å². The maximum atomic E-state index is 12.4. The molecule has 186 valence electrons. The van der Waals surface area contributed by atoms with E-state index in [1.165, 1.54) is 0 Å². The van der Waals surface area contributed by atoms with Gasteiger partial charge in [-0.3, -0.25) is 4.57 Å². The van der Waals surface area contributed by atoms with Crippen LogP contribution in [0, 0.1) is 0 Å². The van der Waals surface area contributed by atoms with Gasteiger partial charge in [0.15, 0.2) is 0 Å². The van der Waals surface area contributed by atoms with Crippen LogP contribution in [0.1, 0.15) is 77.2 Å². The number of benzene rings is 1. The highest BCUT2D eigenvalue weighted by atomic mass is 32.2. The van der Waals surface area contributed by atoms with Crippen molar-refractivity contribution in [1.82, 2.24) is 4.72 Å². The predicted molar refractivity (Wildman–Crippen MR) is 130 cm³/mol. The third-order valence-corrected chi connectivity index (χ3v) is 7.95. The van der Waals surface area contributed by atoms with Crippen molar-refractivity contribution in [2.24, 2.45) is 0 Å². The molecule has 7 nitrogen and oxygen atoms in total. The van der Waals surface area contributed by atoms with Crippen LogP contribution in [-0.2, 0) is 30.5 Å². The SMILES string of the molecule is CCCCCCC(COP(=O)(O)CCOCc1ccccc1)NS(=O)(=O)CCCCCC. The maximum Gasteiger partial charge on any atom is 0.330 e. The Hall–Kier alpha value is -0.760. The number of sulfonamides is 1. The van der Waals surface area contributed by atoms with Gasteiger partial charge < -0.3 is 14.2 Å². The minimum atomic E-state index is -3.87. The highest BCUT2D eigenvalue weighted by Crippen LogP contribution is 2.41. The normalized spacial score (nSPS) is 14.8. The van der Waals surface area contributed by atoms with Crippen molar-refractivity contribution in [1.29, 1.82) is 0 Å². The van der Waals surface area contributed by atoms with Gasteiger partial charge in [-0.25, -0.2) is 13.1 Å². The van der Waals surface area contributed by atoms with Gasteiger partial charge in [-0.15, -0.1) is 0 Å². The molecule has 0 saturated heterocycles. The predicted octanol–water partition coefficient (Wildman–Crippen LogP) is 5.24. The summed E-state index contributed by atoms with van der Waals surface area (Å²) in [7, 11) is -7.32. The fourth-order valence-electron chi connectivity index (χ4n) is 3.24. The lowest BCUT2D eigenvalue weighted by Gasteiger charge is -2.21. The zero-order chi connectivity index (χ0) is 23.7. The molecule has 2 atom stereocenters. The number of hydrogen-bond acceptors (Lipinski definition) is 5. The molecule has 1 aromatic rings. The summed E-state index contributed by atoms with van der Waals surface area (Å²) in [5, 5.41) is 0. The molecule has 0 aliphatic heterocycles. The molecule has 32 heavy (non-hydrogen) atoms. The highest BCUT2D eigenvalue weighted by molar-refractivity contribution is 7.89. The van der Waals surface area contributed by atoms with Gasteiger partial charge in [0.25, 0.3) is 0 Å². The molecule has 0 saturated carbocycles. The van der Waals surface area contributed by atoms with E-state index in [0.717, 1.165) is 50.5 Å². The van der Waals surface area contributed by atoms with E-state index < -0.39 is 23.7 Å². The van der Waals surface area contributed by atoms with Gasteiger partial charge in [-0.1, -0.05) is 89.1 Å². The first-order valence-corrected chi connectivity index (χ1v) is 15.3. The van der Waals surface area contributed by atoms with Crippen LogP contribution >= 0.6 is 7.60 Å². The summed E-state index contributed by atoms with van der Waals surface area (Å²) in [5.74, 6) is 0.0720. The van der Waals surface area contributed by atoms with Crippen LogP contribution in [0.2, 0.25) is 0 Å². The summed E-state index contributed by atoms with van der Waals surface area (Å²) >= 11 is 0. The van der Waals surface area contributed by atoms with Crippen molar-refractivity contribution in [3.05, 3.63) is 35.9 Å². The third-order valence-electron chi connectivity index (χ3n) is 5.13. The molecule has 0 aliphatic carbocycles. The molecule has 0 aliphatic rings. The Labute approximate surface area is 194 Å². The van der Waals surface area contributed by atoms with Gasteiger partial charge in [-0.05, 0) is 18.4 Å². The maximum absolute atomic E-state index is 12.4. The Morgan fingerprint density at radius 3 is 2.31 bits per heavy atom. The third kappa shape index (κ3) is 15.1. The van der Waals surface area contributed by atoms with Gasteiger partial charge in [0.05, 0.1) is 31.7 Å². The molecule has 2 N–H and O–H groups in total. The fraction of sp³-hybridized carbons (Fsp3) is 0.739. The van der Waals surface area contributed by atoms with E-state index in [9.17, 15) is 17.9 Å². The van der Waals surface area contributed by atoms with E-state index in [1.807, 2.05) is 30.3 Å². The summed E-state index contributed by atoms with van der Waals surface area (Å²) in [6.45, 7) is 4.52. The smallest absolute Gasteiger partial charge is 0.330 e. The molecule has 0 fully saturated rings. The molecule has 1 aromatic carbocycles. The molecular weight excluding hydrogens is 449 g/mol. The lowest BCUT2D eigenvalue weighted by molar-refractivity contribution is 0.129. The van der Waals surface area contributed by atoms with Crippen molar-refractivity contribution in [3.8, 4) is 0 Å². The molecule has 0 radical (unpaired) electrons. The standard InChI is InChI=1S/C23H42NO6PS/c1-3-5-7-12-16-23(24-32(27,28)19-13-8-6-4-2)21-30-31(25,26)18-17-29-20-22-14-10-9-11-15-22/h9-11,14-15,23-24H,3-8,12-13,16-21H2,1-2H3,(H,25,26). The summed E-state index contributed by atoms with van der Waals surface area (Å²) < 4.78 is 50.7. The Balaban J connectivity index is 2.48. The van der Waals surface area contributed by atoms with Crippen molar-refractivity contribution in [2.45, 2.75) is 84.3 Å². The van der Waals surface area contributed by atoms with E-state index >= 15 is 0 Å². The molecule has 2 unspecified atom stereocenters. The van der Waals surface area contributed by atoms with E-state index in [1.54, 1.807) is 0 Å². The highest BCUT2D eigenvalue weighted by Gasteiger charge is 2.24. The van der Waals surface area contributed by atoms with Crippen LogP contribution in [0.5, 0.6) is 0 Å². The number of hydrogen-bond donors (Lipinski definition) is 2. The van der Waals surface area contributed by atoms with Crippen molar-refractivity contribution >= 4 is 17.6 Å². The van der Waals surface area contributed by atoms with E-state index in [0.29, 0.717) is 19.4 Å². The monoisotopic (exact) mass is 491 g/mol. The van der Waals surface area contributed by atoms with E-state index in [-0.39, 0.29) is 25.1 Å². The molecule has 0 spiro atoms. The minimum absolute atomic E-state index is 0.0720. The fourth-order valence-corrected chi connectivity index (χ4v) is 5.54. The summed E-state index contributed by atoms with van der Waals surface area (Å²) in [6.07, 6.45) is 8.00. The molecule has 0 bridgehead atoms. The Kier molecular flexibility index (Phi) is 15.4. The lowest BCUT2D eigenvalue weighted by Crippen LogP contribution is -2.39. The first-order valence-electron chi connectivity index (χ1n) is 11.9. The van der Waals surface area contributed by atoms with Gasteiger partial charge >= 0.3 is 7.60 Å². The summed E-state index contributed by atoms with van der Waals surface area (Å²) in [4.78, 5) is 10.1. The van der Waals surface area contributed by atoms with Gasteiger partial charge in [0.2, 0.25) is 10.0 Å². The van der Waals surface area contributed by atoms with Gasteiger partial charge in [0, 0.05) is 6.04 Å². The number of unbranched alkanes of at least 4 members (excludes halogenated alkanes) is 6. The van der Waals surface area contributed by atoms with Gasteiger partial charge in [-0.2, -0.15) is 0 Å². The number of ether oxygens (including phenoxy) is 1. The van der Waals surface area contributed by atoms with Crippen LogP contribution in [0.25, 0.3) is 0 Å².